The van der Waals surface area contributed by atoms with Crippen molar-refractivity contribution in [1.82, 2.24) is 10.3 Å². The molecule has 29 heavy (non-hydrogen) atoms. The molecule has 0 aliphatic heterocycles. The fourth-order valence-corrected chi connectivity index (χ4v) is 2.05. The van der Waals surface area contributed by atoms with Gasteiger partial charge >= 0.3 is 12.3 Å². The standard InChI is InChI=1S/C18H20F4N4O3/c1-15(2,3)29-14(27)26-16(4,10-28-17(5,9-24)18(20,21)22)13-12(19)7-6-11(8-23)25-13/h6-7H,10H2,1-5H3,(H,26,27)/t16-,17?/m1/s1. The Hall–Kier alpha value is -2.92. The number of alkyl halides is 3. The fourth-order valence-electron chi connectivity index (χ4n) is 2.05. The Kier molecular flexibility index (Phi) is 6.83. The van der Waals surface area contributed by atoms with Crippen molar-refractivity contribution in [2.75, 3.05) is 6.61 Å². The van der Waals surface area contributed by atoms with E-state index in [9.17, 15) is 22.4 Å². The topological polar surface area (TPSA) is 108 Å². The summed E-state index contributed by atoms with van der Waals surface area (Å²) in [5.41, 5.74) is -6.97. The first kappa shape index (κ1) is 24.1. The SMILES string of the molecule is CC(C)(C)OC(=O)N[C@](C)(COC(C)(C#N)C(F)(F)F)c1nc(C#N)ccc1F. The number of aromatic nitrogens is 1. The number of pyridine rings is 1. The van der Waals surface area contributed by atoms with Crippen molar-refractivity contribution in [3.8, 4) is 12.1 Å². The third-order valence-electron chi connectivity index (χ3n) is 3.66. The van der Waals surface area contributed by atoms with E-state index in [4.69, 9.17) is 20.0 Å². The van der Waals surface area contributed by atoms with Crippen LogP contribution in [0.15, 0.2) is 12.1 Å². The van der Waals surface area contributed by atoms with E-state index in [1.165, 1.54) is 0 Å². The number of rotatable bonds is 5. The van der Waals surface area contributed by atoms with Crippen LogP contribution >= 0.6 is 0 Å². The number of halogens is 4. The number of amides is 1. The Morgan fingerprint density at radius 3 is 2.21 bits per heavy atom. The highest BCUT2D eigenvalue weighted by Crippen LogP contribution is 2.35. The minimum atomic E-state index is -5.06. The molecule has 0 aliphatic rings. The lowest BCUT2D eigenvalue weighted by Crippen LogP contribution is -2.53. The monoisotopic (exact) mass is 416 g/mol. The van der Waals surface area contributed by atoms with E-state index < -0.39 is 47.1 Å². The summed E-state index contributed by atoms with van der Waals surface area (Å²) in [4.78, 5) is 16.0. The second-order valence-electron chi connectivity index (χ2n) is 7.53. The van der Waals surface area contributed by atoms with Crippen molar-refractivity contribution in [3.63, 3.8) is 0 Å². The number of nitrogens with one attached hydrogen (secondary N) is 1. The molecular weight excluding hydrogens is 396 g/mol. The first-order valence-electron chi connectivity index (χ1n) is 8.27. The Labute approximate surface area is 165 Å². The fraction of sp³-hybridized carbons (Fsp3) is 0.556. The summed E-state index contributed by atoms with van der Waals surface area (Å²) >= 11 is 0. The van der Waals surface area contributed by atoms with Crippen LogP contribution in [0, 0.1) is 28.5 Å². The second kappa shape index (κ2) is 8.21. The average molecular weight is 416 g/mol. The molecule has 1 rings (SSSR count). The van der Waals surface area contributed by atoms with Gasteiger partial charge in [0, 0.05) is 0 Å². The van der Waals surface area contributed by atoms with E-state index in [0.29, 0.717) is 6.92 Å². The van der Waals surface area contributed by atoms with Gasteiger partial charge in [0.15, 0.2) is 0 Å². The van der Waals surface area contributed by atoms with Gasteiger partial charge in [-0.2, -0.15) is 23.7 Å². The van der Waals surface area contributed by atoms with Gasteiger partial charge in [-0.1, -0.05) is 0 Å². The Bertz CT molecular complexity index is 855. The van der Waals surface area contributed by atoms with E-state index >= 15 is 0 Å². The molecule has 0 spiro atoms. The maximum atomic E-state index is 14.4. The van der Waals surface area contributed by atoms with Crippen LogP contribution in [0.25, 0.3) is 0 Å². The van der Waals surface area contributed by atoms with Crippen molar-refractivity contribution < 1.29 is 31.8 Å². The van der Waals surface area contributed by atoms with Crippen LogP contribution in [0.5, 0.6) is 0 Å². The van der Waals surface area contributed by atoms with Crippen LogP contribution < -0.4 is 5.32 Å². The normalized spacial score (nSPS) is 16.0. The summed E-state index contributed by atoms with van der Waals surface area (Å²) in [5.74, 6) is -1.00. The van der Waals surface area contributed by atoms with Crippen molar-refractivity contribution in [3.05, 3.63) is 29.3 Å². The molecule has 1 amide bonds. The molecule has 1 aromatic heterocycles. The average Bonchev–Trinajstić information content (AvgIpc) is 2.57. The number of nitriles is 2. The largest absolute Gasteiger partial charge is 0.444 e. The molecule has 0 saturated carbocycles. The molecule has 158 valence electrons. The van der Waals surface area contributed by atoms with Crippen LogP contribution in [0.2, 0.25) is 0 Å². The van der Waals surface area contributed by atoms with E-state index in [-0.39, 0.29) is 5.69 Å². The van der Waals surface area contributed by atoms with Crippen LogP contribution in [-0.2, 0) is 15.0 Å². The molecule has 1 heterocycles. The van der Waals surface area contributed by atoms with Gasteiger partial charge in [0.05, 0.1) is 6.61 Å². The maximum absolute atomic E-state index is 14.4. The number of hydrogen-bond acceptors (Lipinski definition) is 6. The molecule has 0 fully saturated rings. The van der Waals surface area contributed by atoms with Crippen LogP contribution in [0.3, 0.4) is 0 Å². The van der Waals surface area contributed by atoms with Crippen molar-refractivity contribution in [2.45, 2.75) is 57.5 Å². The third-order valence-corrected chi connectivity index (χ3v) is 3.66. The molecule has 2 atom stereocenters. The predicted octanol–water partition coefficient (Wildman–Crippen LogP) is 3.69. The minimum Gasteiger partial charge on any atom is -0.444 e. The molecule has 0 bridgehead atoms. The Morgan fingerprint density at radius 2 is 1.76 bits per heavy atom. The van der Waals surface area contributed by atoms with Crippen molar-refractivity contribution in [2.24, 2.45) is 0 Å². The number of nitrogens with zero attached hydrogens (tertiary/aromatic N) is 3. The zero-order valence-corrected chi connectivity index (χ0v) is 16.4. The van der Waals surface area contributed by atoms with Crippen molar-refractivity contribution >= 4 is 6.09 Å². The highest BCUT2D eigenvalue weighted by molar-refractivity contribution is 5.69. The molecule has 1 aromatic rings. The first-order chi connectivity index (χ1) is 13.1. The van der Waals surface area contributed by atoms with Crippen molar-refractivity contribution in [1.29, 1.82) is 10.5 Å². The van der Waals surface area contributed by atoms with E-state index in [1.54, 1.807) is 26.8 Å². The molecule has 0 aliphatic carbocycles. The minimum absolute atomic E-state index is 0.238. The lowest BCUT2D eigenvalue weighted by atomic mass is 9.96. The van der Waals surface area contributed by atoms with Gasteiger partial charge in [0.1, 0.15) is 40.5 Å². The first-order valence-corrected chi connectivity index (χ1v) is 8.27. The molecule has 1 N–H and O–H groups in total. The molecule has 11 heteroatoms. The van der Waals surface area contributed by atoms with Gasteiger partial charge in [-0.25, -0.2) is 14.2 Å². The van der Waals surface area contributed by atoms with Gasteiger partial charge in [-0.05, 0) is 46.8 Å². The summed E-state index contributed by atoms with van der Waals surface area (Å²) in [6.07, 6.45) is -6.15. The van der Waals surface area contributed by atoms with E-state index in [1.807, 2.05) is 0 Å². The zero-order chi connectivity index (χ0) is 22.7. The zero-order valence-electron chi connectivity index (χ0n) is 16.4. The highest BCUT2D eigenvalue weighted by Gasteiger charge is 2.54. The lowest BCUT2D eigenvalue weighted by molar-refractivity contribution is -0.251. The summed E-state index contributed by atoms with van der Waals surface area (Å²) < 4.78 is 63.8. The van der Waals surface area contributed by atoms with Crippen LogP contribution in [0.4, 0.5) is 22.4 Å². The summed E-state index contributed by atoms with van der Waals surface area (Å²) in [6, 6.07) is 4.62. The van der Waals surface area contributed by atoms with E-state index in [0.717, 1.165) is 25.1 Å². The molecular formula is C18H20F4N4O3. The van der Waals surface area contributed by atoms with Gasteiger partial charge in [-0.3, -0.25) is 0 Å². The number of hydrogen-bond donors (Lipinski definition) is 1. The predicted molar refractivity (Wildman–Crippen MR) is 91.7 cm³/mol. The summed E-state index contributed by atoms with van der Waals surface area (Å²) in [7, 11) is 0. The molecule has 0 radical (unpaired) electrons. The smallest absolute Gasteiger partial charge is 0.430 e. The Balaban J connectivity index is 3.38. The summed E-state index contributed by atoms with van der Waals surface area (Å²) in [6.45, 7) is 5.28. The summed E-state index contributed by atoms with van der Waals surface area (Å²) in [5, 5.41) is 20.1. The maximum Gasteiger partial charge on any atom is 0.430 e. The third kappa shape index (κ3) is 6.03. The second-order valence-corrected chi connectivity index (χ2v) is 7.53. The number of alkyl carbamates (subject to hydrolysis) is 1. The van der Waals surface area contributed by atoms with Gasteiger partial charge < -0.3 is 14.8 Å². The quantitative estimate of drug-likeness (QED) is 0.734. The number of ether oxygens (including phenoxy) is 2. The molecule has 0 saturated heterocycles. The number of carbonyl (C=O) groups is 1. The highest BCUT2D eigenvalue weighted by atomic mass is 19.4. The van der Waals surface area contributed by atoms with E-state index in [2.05, 4.69) is 10.3 Å². The molecule has 7 nitrogen and oxygen atoms in total. The van der Waals surface area contributed by atoms with Crippen LogP contribution in [-0.4, -0.2) is 35.1 Å². The van der Waals surface area contributed by atoms with Gasteiger partial charge in [-0.15, -0.1) is 0 Å². The van der Waals surface area contributed by atoms with Crippen LogP contribution in [0.1, 0.15) is 46.0 Å². The number of carbonyl (C=O) groups excluding carboxylic acids is 1. The molecule has 1 unspecified atom stereocenters. The van der Waals surface area contributed by atoms with Gasteiger partial charge in [0.25, 0.3) is 0 Å². The molecule has 0 aromatic carbocycles. The lowest BCUT2D eigenvalue weighted by Gasteiger charge is -2.34. The van der Waals surface area contributed by atoms with Gasteiger partial charge in [0.2, 0.25) is 5.60 Å². The Morgan fingerprint density at radius 1 is 1.17 bits per heavy atom.